The van der Waals surface area contributed by atoms with E-state index in [1.54, 1.807) is 11.3 Å². The average Bonchev–Trinajstić information content (AvgIpc) is 3.55. The van der Waals surface area contributed by atoms with Gasteiger partial charge in [0, 0.05) is 16.3 Å². The summed E-state index contributed by atoms with van der Waals surface area (Å²) in [7, 11) is 0. The summed E-state index contributed by atoms with van der Waals surface area (Å²) in [6.07, 6.45) is 0. The molecule has 0 aliphatic heterocycles. The van der Waals surface area contributed by atoms with E-state index in [0.29, 0.717) is 0 Å². The topological polar surface area (TPSA) is 30.2 Å². The highest BCUT2D eigenvalue weighted by molar-refractivity contribution is 7.21. The molecule has 8 aromatic rings. The van der Waals surface area contributed by atoms with Crippen molar-refractivity contribution in [3.63, 3.8) is 0 Å². The molecule has 0 atom stereocenters. The highest BCUT2D eigenvalue weighted by atomic mass is 32.1. The molecule has 0 bridgehead atoms. The first-order valence-electron chi connectivity index (χ1n) is 12.0. The molecule has 0 radical (unpaired) electrons. The number of fused-ring (bicyclic) bond motifs is 9. The number of imidazole rings is 1. The lowest BCUT2D eigenvalue weighted by Crippen LogP contribution is -1.92. The molecule has 0 fully saturated rings. The van der Waals surface area contributed by atoms with Gasteiger partial charge in [-0.25, -0.2) is 9.97 Å². The number of hydrogen-bond donors (Lipinski definition) is 0. The lowest BCUT2D eigenvalue weighted by molar-refractivity contribution is 1.31. The molecular formula is C32H19N3S. The number of aromatic nitrogens is 3. The van der Waals surface area contributed by atoms with E-state index in [1.165, 1.54) is 32.1 Å². The average molecular weight is 478 g/mol. The summed E-state index contributed by atoms with van der Waals surface area (Å²) in [6.45, 7) is 0. The quantitative estimate of drug-likeness (QED) is 0.233. The molecule has 0 aliphatic carbocycles. The fourth-order valence-corrected chi connectivity index (χ4v) is 6.26. The molecule has 4 heteroatoms. The highest BCUT2D eigenvalue weighted by Gasteiger charge is 2.14. The molecule has 3 aromatic heterocycles. The van der Waals surface area contributed by atoms with Gasteiger partial charge >= 0.3 is 0 Å². The van der Waals surface area contributed by atoms with Crippen molar-refractivity contribution in [2.75, 3.05) is 0 Å². The Bertz CT molecular complexity index is 2070. The molecule has 3 heterocycles. The minimum absolute atomic E-state index is 0.998. The second-order valence-corrected chi connectivity index (χ2v) is 10.1. The fourth-order valence-electron chi connectivity index (χ4n) is 5.29. The Labute approximate surface area is 210 Å². The number of pyridine rings is 1. The Morgan fingerprint density at radius 3 is 2.06 bits per heavy atom. The number of para-hydroxylation sites is 4. The van der Waals surface area contributed by atoms with Gasteiger partial charge in [-0.05, 0) is 52.9 Å². The van der Waals surface area contributed by atoms with Crippen LogP contribution in [0.5, 0.6) is 0 Å². The Balaban J connectivity index is 1.32. The first-order chi connectivity index (χ1) is 17.8. The van der Waals surface area contributed by atoms with Crippen LogP contribution in [0.25, 0.3) is 70.3 Å². The van der Waals surface area contributed by atoms with Crippen LogP contribution in [0.2, 0.25) is 0 Å². The highest BCUT2D eigenvalue weighted by Crippen LogP contribution is 2.36. The number of rotatable bonds is 2. The maximum Gasteiger partial charge on any atom is 0.146 e. The van der Waals surface area contributed by atoms with E-state index >= 15 is 0 Å². The van der Waals surface area contributed by atoms with Crippen molar-refractivity contribution in [3.8, 4) is 21.7 Å². The van der Waals surface area contributed by atoms with Crippen molar-refractivity contribution in [3.05, 3.63) is 115 Å². The predicted molar refractivity (Wildman–Crippen MR) is 152 cm³/mol. The molecule has 5 aromatic carbocycles. The van der Waals surface area contributed by atoms with Crippen LogP contribution in [0, 0.1) is 0 Å². The molecule has 3 nitrogen and oxygen atoms in total. The second kappa shape index (κ2) is 7.48. The van der Waals surface area contributed by atoms with Crippen molar-refractivity contribution in [2.24, 2.45) is 0 Å². The summed E-state index contributed by atoms with van der Waals surface area (Å²) in [6, 6.07) is 40.8. The zero-order chi connectivity index (χ0) is 23.6. The van der Waals surface area contributed by atoms with E-state index in [9.17, 15) is 0 Å². The maximum absolute atomic E-state index is 5.06. The lowest BCUT2D eigenvalue weighted by atomic mass is 9.99. The maximum atomic E-state index is 5.06. The Kier molecular flexibility index (Phi) is 4.10. The largest absolute Gasteiger partial charge is 0.292 e. The van der Waals surface area contributed by atoms with Crippen molar-refractivity contribution in [1.82, 2.24) is 14.4 Å². The molecule has 0 saturated carbocycles. The second-order valence-electron chi connectivity index (χ2n) is 9.10. The fraction of sp³-hybridized carbons (Fsp3) is 0. The van der Waals surface area contributed by atoms with Crippen LogP contribution in [0.1, 0.15) is 0 Å². The first kappa shape index (κ1) is 19.7. The lowest BCUT2D eigenvalue weighted by Gasteiger charge is -2.11. The van der Waals surface area contributed by atoms with Gasteiger partial charge in [0.1, 0.15) is 10.7 Å². The molecular weight excluding hydrogens is 458 g/mol. The number of benzene rings is 5. The van der Waals surface area contributed by atoms with Crippen molar-refractivity contribution in [1.29, 1.82) is 0 Å². The van der Waals surface area contributed by atoms with Gasteiger partial charge in [0.05, 0.1) is 26.8 Å². The van der Waals surface area contributed by atoms with Crippen LogP contribution in [0.3, 0.4) is 0 Å². The predicted octanol–water partition coefficient (Wildman–Crippen LogP) is 8.74. The third-order valence-electron chi connectivity index (χ3n) is 7.02. The Hall–Kier alpha value is -4.54. The summed E-state index contributed by atoms with van der Waals surface area (Å²) in [5, 5.41) is 4.68. The van der Waals surface area contributed by atoms with Gasteiger partial charge in [-0.3, -0.25) is 4.40 Å². The minimum Gasteiger partial charge on any atom is -0.292 e. The van der Waals surface area contributed by atoms with Crippen LogP contribution in [0.15, 0.2) is 115 Å². The summed E-state index contributed by atoms with van der Waals surface area (Å²) in [5.74, 6) is 0. The zero-order valence-corrected chi connectivity index (χ0v) is 20.0. The number of thiazole rings is 1. The molecule has 0 amide bonds. The van der Waals surface area contributed by atoms with Crippen molar-refractivity contribution < 1.29 is 0 Å². The van der Waals surface area contributed by atoms with Gasteiger partial charge in [0.2, 0.25) is 0 Å². The third-order valence-corrected chi connectivity index (χ3v) is 8.10. The van der Waals surface area contributed by atoms with Crippen molar-refractivity contribution in [2.45, 2.75) is 0 Å². The van der Waals surface area contributed by atoms with E-state index in [0.717, 1.165) is 38.2 Å². The SMILES string of the molecule is c1ccc2sc(-c3ccc(-c4ccc5c6ccccc6n6c7ccccc7nc6c5c4)cc3)nc2c1. The van der Waals surface area contributed by atoms with E-state index in [1.807, 2.05) is 6.07 Å². The number of nitrogens with zero attached hydrogens (tertiary/aromatic N) is 3. The van der Waals surface area contributed by atoms with Gasteiger partial charge in [0.25, 0.3) is 0 Å². The van der Waals surface area contributed by atoms with Crippen LogP contribution in [-0.2, 0) is 0 Å². The molecule has 36 heavy (non-hydrogen) atoms. The van der Waals surface area contributed by atoms with Crippen LogP contribution < -0.4 is 0 Å². The van der Waals surface area contributed by atoms with E-state index in [2.05, 4.69) is 114 Å². The Morgan fingerprint density at radius 1 is 0.500 bits per heavy atom. The van der Waals surface area contributed by atoms with E-state index in [4.69, 9.17) is 9.97 Å². The van der Waals surface area contributed by atoms with Gasteiger partial charge in [0.15, 0.2) is 0 Å². The molecule has 0 saturated heterocycles. The van der Waals surface area contributed by atoms with Gasteiger partial charge in [-0.2, -0.15) is 0 Å². The summed E-state index contributed by atoms with van der Waals surface area (Å²) in [5.41, 5.74) is 8.90. The van der Waals surface area contributed by atoms with Crippen LogP contribution in [-0.4, -0.2) is 14.4 Å². The smallest absolute Gasteiger partial charge is 0.146 e. The first-order valence-corrected chi connectivity index (χ1v) is 12.8. The van der Waals surface area contributed by atoms with Gasteiger partial charge in [-0.1, -0.05) is 78.9 Å². The zero-order valence-electron chi connectivity index (χ0n) is 19.2. The van der Waals surface area contributed by atoms with Crippen molar-refractivity contribution >= 4 is 59.9 Å². The van der Waals surface area contributed by atoms with Gasteiger partial charge in [-0.15, -0.1) is 11.3 Å². The standard InChI is InChI=1S/C32H19N3S/c1-4-10-28-24(7-1)23-18-17-22(19-25(23)31-33-26-8-2-5-11-29(26)35(28)31)20-13-15-21(16-14-20)32-34-27-9-3-6-12-30(27)36-32/h1-19H. The van der Waals surface area contributed by atoms with Crippen LogP contribution >= 0.6 is 11.3 Å². The van der Waals surface area contributed by atoms with Crippen LogP contribution in [0.4, 0.5) is 0 Å². The number of hydrogen-bond acceptors (Lipinski definition) is 3. The van der Waals surface area contributed by atoms with E-state index in [-0.39, 0.29) is 0 Å². The normalized spacial score (nSPS) is 11.9. The summed E-state index contributed by atoms with van der Waals surface area (Å²) >= 11 is 1.74. The van der Waals surface area contributed by atoms with Gasteiger partial charge < -0.3 is 0 Å². The Morgan fingerprint density at radius 2 is 1.19 bits per heavy atom. The molecule has 8 rings (SSSR count). The molecule has 168 valence electrons. The summed E-state index contributed by atoms with van der Waals surface area (Å²) < 4.78 is 3.52. The molecule has 0 aliphatic rings. The molecule has 0 N–H and O–H groups in total. The monoisotopic (exact) mass is 477 g/mol. The molecule has 0 unspecified atom stereocenters. The van der Waals surface area contributed by atoms with E-state index < -0.39 is 0 Å². The third kappa shape index (κ3) is 2.85. The minimum atomic E-state index is 0.998. The summed E-state index contributed by atoms with van der Waals surface area (Å²) in [4.78, 5) is 9.88. The molecule has 0 spiro atoms.